The van der Waals surface area contributed by atoms with Crippen LogP contribution < -0.4 is 0 Å². The van der Waals surface area contributed by atoms with Gasteiger partial charge in [-0.1, -0.05) is 6.07 Å². The fraction of sp³-hybridized carbons (Fsp3) is 0.438. The summed E-state index contributed by atoms with van der Waals surface area (Å²) in [4.78, 5) is 22.2. The monoisotopic (exact) mass is 363 g/mol. The molecule has 0 bridgehead atoms. The molecule has 1 fully saturated rings. The number of nitrogens with zero attached hydrogens (tertiary/aromatic N) is 5. The summed E-state index contributed by atoms with van der Waals surface area (Å²) in [6, 6.07) is 3.66. The van der Waals surface area contributed by atoms with E-state index in [0.717, 1.165) is 5.56 Å². The Labute approximate surface area is 147 Å². The molecule has 0 aromatic carbocycles. The predicted molar refractivity (Wildman–Crippen MR) is 91.1 cm³/mol. The first-order valence-electron chi connectivity index (χ1n) is 8.11. The van der Waals surface area contributed by atoms with Gasteiger partial charge in [0.2, 0.25) is 5.91 Å². The first-order chi connectivity index (χ1) is 12.0. The highest BCUT2D eigenvalue weighted by atomic mass is 32.2. The summed E-state index contributed by atoms with van der Waals surface area (Å²) in [5.74, 6) is -0.00918. The molecule has 1 amide bonds. The van der Waals surface area contributed by atoms with Crippen molar-refractivity contribution in [2.24, 2.45) is 7.05 Å². The maximum absolute atomic E-state index is 12.7. The summed E-state index contributed by atoms with van der Waals surface area (Å²) in [6.45, 7) is 1.59. The Morgan fingerprint density at radius 1 is 1.24 bits per heavy atom. The SMILES string of the molecule is Cn1cnc(S(=O)(=O)N2CCCN(C(=O)Cc3cccnc3)CC2)c1. The molecule has 9 heteroatoms. The number of hydrogen-bond donors (Lipinski definition) is 0. The van der Waals surface area contributed by atoms with Crippen LogP contribution >= 0.6 is 0 Å². The van der Waals surface area contributed by atoms with Gasteiger partial charge < -0.3 is 9.47 Å². The van der Waals surface area contributed by atoms with Gasteiger partial charge in [0.25, 0.3) is 10.0 Å². The average Bonchev–Trinajstić information content (AvgIpc) is 2.89. The minimum absolute atomic E-state index is 0.00918. The van der Waals surface area contributed by atoms with Gasteiger partial charge in [0.05, 0.1) is 12.7 Å². The van der Waals surface area contributed by atoms with Crippen molar-refractivity contribution in [3.63, 3.8) is 0 Å². The van der Waals surface area contributed by atoms with Crippen LogP contribution in [0.5, 0.6) is 0 Å². The predicted octanol–water partition coefficient (Wildman–Crippen LogP) is 0.281. The Bertz CT molecular complexity index is 834. The normalized spacial score (nSPS) is 16.6. The number of imidazole rings is 1. The van der Waals surface area contributed by atoms with E-state index in [0.29, 0.717) is 26.1 Å². The zero-order chi connectivity index (χ0) is 17.9. The molecule has 0 spiro atoms. The third kappa shape index (κ3) is 4.05. The molecule has 2 aromatic heterocycles. The van der Waals surface area contributed by atoms with Crippen LogP contribution in [-0.4, -0.2) is 64.2 Å². The molecular formula is C16H21N5O3S. The molecule has 3 rings (SSSR count). The standard InChI is InChI=1S/C16H21N5O3S/c1-19-12-15(18-13-19)25(23,24)21-7-3-6-20(8-9-21)16(22)10-14-4-2-5-17-11-14/h2,4-5,11-13H,3,6-10H2,1H3. The first kappa shape index (κ1) is 17.6. The third-order valence-electron chi connectivity index (χ3n) is 4.17. The minimum Gasteiger partial charge on any atom is -0.341 e. The number of aromatic nitrogens is 3. The van der Waals surface area contributed by atoms with Gasteiger partial charge in [-0.25, -0.2) is 13.4 Å². The van der Waals surface area contributed by atoms with Crippen molar-refractivity contribution in [2.45, 2.75) is 17.9 Å². The van der Waals surface area contributed by atoms with Gasteiger partial charge in [-0.15, -0.1) is 0 Å². The van der Waals surface area contributed by atoms with Crippen molar-refractivity contribution in [2.75, 3.05) is 26.2 Å². The quantitative estimate of drug-likeness (QED) is 0.779. The first-order valence-corrected chi connectivity index (χ1v) is 9.55. The molecule has 3 heterocycles. The van der Waals surface area contributed by atoms with E-state index in [-0.39, 0.29) is 23.9 Å². The van der Waals surface area contributed by atoms with E-state index >= 15 is 0 Å². The van der Waals surface area contributed by atoms with E-state index in [1.54, 1.807) is 35.0 Å². The minimum atomic E-state index is -3.62. The third-order valence-corrected chi connectivity index (χ3v) is 5.96. The second-order valence-electron chi connectivity index (χ2n) is 6.05. The number of carbonyl (C=O) groups is 1. The molecule has 0 radical (unpaired) electrons. The lowest BCUT2D eigenvalue weighted by Gasteiger charge is -2.21. The molecule has 0 atom stereocenters. The molecule has 1 aliphatic rings. The highest BCUT2D eigenvalue weighted by molar-refractivity contribution is 7.89. The summed E-state index contributed by atoms with van der Waals surface area (Å²) in [5, 5.41) is 0.0464. The molecule has 0 unspecified atom stereocenters. The number of sulfonamides is 1. The van der Waals surface area contributed by atoms with Crippen LogP contribution in [-0.2, 0) is 28.3 Å². The Hall–Kier alpha value is -2.26. The van der Waals surface area contributed by atoms with Gasteiger partial charge in [0.1, 0.15) is 0 Å². The molecule has 1 saturated heterocycles. The van der Waals surface area contributed by atoms with Crippen molar-refractivity contribution in [3.8, 4) is 0 Å². The van der Waals surface area contributed by atoms with E-state index in [1.165, 1.54) is 16.8 Å². The number of hydrogen-bond acceptors (Lipinski definition) is 5. The van der Waals surface area contributed by atoms with Crippen LogP contribution in [0.4, 0.5) is 0 Å². The largest absolute Gasteiger partial charge is 0.341 e. The Kier molecular flexibility index (Phi) is 5.14. The van der Waals surface area contributed by atoms with Crippen LogP contribution in [0.1, 0.15) is 12.0 Å². The number of rotatable bonds is 4. The zero-order valence-corrected chi connectivity index (χ0v) is 14.9. The number of pyridine rings is 1. The van der Waals surface area contributed by atoms with Crippen LogP contribution in [0.15, 0.2) is 42.1 Å². The van der Waals surface area contributed by atoms with Gasteiger partial charge in [0.15, 0.2) is 5.03 Å². The fourth-order valence-electron chi connectivity index (χ4n) is 2.83. The molecule has 0 aliphatic carbocycles. The van der Waals surface area contributed by atoms with Gasteiger partial charge in [0, 0.05) is 51.8 Å². The number of amides is 1. The van der Waals surface area contributed by atoms with Gasteiger partial charge in [-0.3, -0.25) is 9.78 Å². The summed E-state index contributed by atoms with van der Waals surface area (Å²) >= 11 is 0. The molecule has 0 N–H and O–H groups in total. The van der Waals surface area contributed by atoms with E-state index in [4.69, 9.17) is 0 Å². The topological polar surface area (TPSA) is 88.4 Å². The van der Waals surface area contributed by atoms with Crippen molar-refractivity contribution in [1.82, 2.24) is 23.7 Å². The Morgan fingerprint density at radius 3 is 2.76 bits per heavy atom. The Morgan fingerprint density at radius 2 is 2.08 bits per heavy atom. The molecular weight excluding hydrogens is 342 g/mol. The lowest BCUT2D eigenvalue weighted by atomic mass is 10.2. The van der Waals surface area contributed by atoms with Crippen LogP contribution in [0.2, 0.25) is 0 Å². The van der Waals surface area contributed by atoms with Gasteiger partial charge in [-0.05, 0) is 18.1 Å². The van der Waals surface area contributed by atoms with E-state index in [1.807, 2.05) is 6.07 Å². The summed E-state index contributed by atoms with van der Waals surface area (Å²) in [5.41, 5.74) is 0.856. The molecule has 1 aliphatic heterocycles. The number of carbonyl (C=O) groups excluding carboxylic acids is 1. The lowest BCUT2D eigenvalue weighted by Crippen LogP contribution is -2.38. The van der Waals surface area contributed by atoms with Crippen molar-refractivity contribution >= 4 is 15.9 Å². The van der Waals surface area contributed by atoms with Gasteiger partial charge in [-0.2, -0.15) is 4.31 Å². The zero-order valence-electron chi connectivity index (χ0n) is 14.1. The molecule has 0 saturated carbocycles. The van der Waals surface area contributed by atoms with E-state index < -0.39 is 10.0 Å². The highest BCUT2D eigenvalue weighted by Crippen LogP contribution is 2.16. The number of aryl methyl sites for hydroxylation is 1. The van der Waals surface area contributed by atoms with Crippen LogP contribution in [0.3, 0.4) is 0 Å². The van der Waals surface area contributed by atoms with Crippen molar-refractivity contribution < 1.29 is 13.2 Å². The van der Waals surface area contributed by atoms with E-state index in [2.05, 4.69) is 9.97 Å². The maximum Gasteiger partial charge on any atom is 0.262 e. The second kappa shape index (κ2) is 7.32. The molecule has 25 heavy (non-hydrogen) atoms. The van der Waals surface area contributed by atoms with Gasteiger partial charge >= 0.3 is 0 Å². The van der Waals surface area contributed by atoms with E-state index in [9.17, 15) is 13.2 Å². The Balaban J connectivity index is 1.65. The van der Waals surface area contributed by atoms with Crippen LogP contribution in [0, 0.1) is 0 Å². The smallest absolute Gasteiger partial charge is 0.262 e. The molecule has 2 aromatic rings. The summed E-state index contributed by atoms with van der Waals surface area (Å²) < 4.78 is 28.3. The molecule has 8 nitrogen and oxygen atoms in total. The van der Waals surface area contributed by atoms with Crippen molar-refractivity contribution in [1.29, 1.82) is 0 Å². The average molecular weight is 363 g/mol. The maximum atomic E-state index is 12.7. The molecule has 134 valence electrons. The van der Waals surface area contributed by atoms with Crippen molar-refractivity contribution in [3.05, 3.63) is 42.6 Å². The fourth-order valence-corrected chi connectivity index (χ4v) is 4.26. The summed E-state index contributed by atoms with van der Waals surface area (Å²) in [7, 11) is -1.89. The highest BCUT2D eigenvalue weighted by Gasteiger charge is 2.29. The lowest BCUT2D eigenvalue weighted by molar-refractivity contribution is -0.130. The summed E-state index contributed by atoms with van der Waals surface area (Å²) in [6.07, 6.45) is 7.18. The second-order valence-corrected chi connectivity index (χ2v) is 7.94. The van der Waals surface area contributed by atoms with Crippen LogP contribution in [0.25, 0.3) is 0 Å².